The third-order valence-electron chi connectivity index (χ3n) is 2.93. The lowest BCUT2D eigenvalue weighted by atomic mass is 10.1. The number of hydrazine groups is 1. The number of alkyl halides is 3. The molecule has 0 radical (unpaired) electrons. The van der Waals surface area contributed by atoms with Crippen LogP contribution >= 0.6 is 0 Å². The number of anilines is 2. The number of nitrogens with two attached hydrogens (primary N) is 1. The van der Waals surface area contributed by atoms with Crippen LogP contribution in [0.15, 0.2) is 6.07 Å². The summed E-state index contributed by atoms with van der Waals surface area (Å²) in [7, 11) is 0. The zero-order valence-electron chi connectivity index (χ0n) is 10.7. The minimum atomic E-state index is -4.55. The number of hydrogen-bond acceptors (Lipinski definition) is 6. The van der Waals surface area contributed by atoms with Gasteiger partial charge in [-0.3, -0.25) is 5.43 Å². The van der Waals surface area contributed by atoms with Crippen LogP contribution in [0.5, 0.6) is 0 Å². The second-order valence-corrected chi connectivity index (χ2v) is 4.47. The molecule has 0 saturated carbocycles. The molecule has 0 aromatic carbocycles. The lowest BCUT2D eigenvalue weighted by molar-refractivity contribution is -0.141. The Labute approximate surface area is 113 Å². The number of aromatic nitrogens is 2. The molecule has 1 aliphatic heterocycles. The van der Waals surface area contributed by atoms with Crippen LogP contribution in [-0.4, -0.2) is 29.2 Å². The van der Waals surface area contributed by atoms with E-state index in [0.29, 0.717) is 13.2 Å². The highest BCUT2D eigenvalue weighted by molar-refractivity contribution is 5.42. The zero-order valence-corrected chi connectivity index (χ0v) is 10.7. The second-order valence-electron chi connectivity index (χ2n) is 4.47. The molecule has 0 aliphatic carbocycles. The van der Waals surface area contributed by atoms with Gasteiger partial charge in [0, 0.05) is 19.2 Å². The number of ether oxygens (including phenoxy) is 1. The molecule has 20 heavy (non-hydrogen) atoms. The quantitative estimate of drug-likeness (QED) is 0.579. The highest BCUT2D eigenvalue weighted by Crippen LogP contribution is 2.29. The fourth-order valence-corrected chi connectivity index (χ4v) is 1.93. The van der Waals surface area contributed by atoms with Crippen molar-refractivity contribution in [2.24, 2.45) is 5.84 Å². The Kier molecular flexibility index (Phi) is 4.61. The molecule has 1 aromatic rings. The number of hydrogen-bond donors (Lipinski definition) is 3. The monoisotopic (exact) mass is 291 g/mol. The van der Waals surface area contributed by atoms with Crippen LogP contribution in [0, 0.1) is 0 Å². The minimum absolute atomic E-state index is 0.0117. The number of rotatable bonds is 4. The van der Waals surface area contributed by atoms with Crippen molar-refractivity contribution in [3.05, 3.63) is 11.8 Å². The normalized spacial score (nSPS) is 19.7. The van der Waals surface area contributed by atoms with E-state index < -0.39 is 11.9 Å². The lowest BCUT2D eigenvalue weighted by Crippen LogP contribution is -2.27. The molecular weight excluding hydrogens is 275 g/mol. The molecule has 0 bridgehead atoms. The molecule has 1 aromatic heterocycles. The van der Waals surface area contributed by atoms with Crippen molar-refractivity contribution in [1.82, 2.24) is 9.97 Å². The summed E-state index contributed by atoms with van der Waals surface area (Å²) in [4.78, 5) is 7.11. The molecule has 0 spiro atoms. The van der Waals surface area contributed by atoms with Gasteiger partial charge in [-0.1, -0.05) is 0 Å². The van der Waals surface area contributed by atoms with Crippen LogP contribution in [0.2, 0.25) is 0 Å². The average molecular weight is 291 g/mol. The molecule has 4 N–H and O–H groups in total. The maximum absolute atomic E-state index is 12.7. The van der Waals surface area contributed by atoms with E-state index in [4.69, 9.17) is 10.6 Å². The van der Waals surface area contributed by atoms with Gasteiger partial charge >= 0.3 is 6.18 Å². The van der Waals surface area contributed by atoms with Crippen molar-refractivity contribution in [2.45, 2.75) is 31.5 Å². The predicted octanol–water partition coefficient (Wildman–Crippen LogP) is 1.76. The third kappa shape index (κ3) is 3.94. The molecule has 6 nitrogen and oxygen atoms in total. The SMILES string of the molecule is NNc1nc(NCC2CCCCO2)cc(C(F)(F)F)n1. The second kappa shape index (κ2) is 6.23. The van der Waals surface area contributed by atoms with Crippen LogP contribution in [0.1, 0.15) is 25.0 Å². The van der Waals surface area contributed by atoms with E-state index in [1.165, 1.54) is 0 Å². The minimum Gasteiger partial charge on any atom is -0.376 e. The molecule has 0 amide bonds. The van der Waals surface area contributed by atoms with Crippen molar-refractivity contribution < 1.29 is 17.9 Å². The molecule has 1 aliphatic rings. The Bertz CT molecular complexity index is 448. The Balaban J connectivity index is 2.06. The van der Waals surface area contributed by atoms with Gasteiger partial charge in [0.2, 0.25) is 5.95 Å². The number of halogens is 3. The van der Waals surface area contributed by atoms with Crippen LogP contribution in [0.3, 0.4) is 0 Å². The topological polar surface area (TPSA) is 85.1 Å². The van der Waals surface area contributed by atoms with Crippen molar-refractivity contribution in [3.63, 3.8) is 0 Å². The largest absolute Gasteiger partial charge is 0.433 e. The van der Waals surface area contributed by atoms with Crippen molar-refractivity contribution in [1.29, 1.82) is 0 Å². The smallest absolute Gasteiger partial charge is 0.376 e. The lowest BCUT2D eigenvalue weighted by Gasteiger charge is -2.23. The van der Waals surface area contributed by atoms with Gasteiger partial charge in [-0.25, -0.2) is 10.8 Å². The predicted molar refractivity (Wildman–Crippen MR) is 66.9 cm³/mol. The highest BCUT2D eigenvalue weighted by atomic mass is 19.4. The summed E-state index contributed by atoms with van der Waals surface area (Å²) in [5.41, 5.74) is 0.976. The maximum atomic E-state index is 12.7. The van der Waals surface area contributed by atoms with Gasteiger partial charge in [-0.2, -0.15) is 18.2 Å². The summed E-state index contributed by atoms with van der Waals surface area (Å²) in [6, 6.07) is 0.851. The van der Waals surface area contributed by atoms with Gasteiger partial charge in [-0.15, -0.1) is 0 Å². The van der Waals surface area contributed by atoms with E-state index in [0.717, 1.165) is 25.3 Å². The first-order chi connectivity index (χ1) is 9.49. The van der Waals surface area contributed by atoms with Crippen molar-refractivity contribution >= 4 is 11.8 Å². The first-order valence-corrected chi connectivity index (χ1v) is 6.27. The molecule has 2 rings (SSSR count). The first kappa shape index (κ1) is 14.8. The van der Waals surface area contributed by atoms with Crippen LogP contribution in [0.4, 0.5) is 24.9 Å². The van der Waals surface area contributed by atoms with Gasteiger partial charge in [0.1, 0.15) is 5.82 Å². The molecule has 2 heterocycles. The third-order valence-corrected chi connectivity index (χ3v) is 2.93. The van der Waals surface area contributed by atoms with Crippen molar-refractivity contribution in [3.8, 4) is 0 Å². The van der Waals surface area contributed by atoms with Crippen LogP contribution in [0.25, 0.3) is 0 Å². The van der Waals surface area contributed by atoms with E-state index >= 15 is 0 Å². The van der Waals surface area contributed by atoms with Gasteiger partial charge in [0.15, 0.2) is 5.69 Å². The summed E-state index contributed by atoms with van der Waals surface area (Å²) in [6.45, 7) is 1.08. The summed E-state index contributed by atoms with van der Waals surface area (Å²) in [5.74, 6) is 4.85. The molecule has 112 valence electrons. The highest BCUT2D eigenvalue weighted by Gasteiger charge is 2.33. The fourth-order valence-electron chi connectivity index (χ4n) is 1.93. The molecule has 1 saturated heterocycles. The first-order valence-electron chi connectivity index (χ1n) is 6.27. The average Bonchev–Trinajstić information content (AvgIpc) is 2.45. The fraction of sp³-hybridized carbons (Fsp3) is 0.636. The Morgan fingerprint density at radius 3 is 2.75 bits per heavy atom. The van der Waals surface area contributed by atoms with Gasteiger partial charge < -0.3 is 10.1 Å². The summed E-state index contributed by atoms with van der Waals surface area (Å²) < 4.78 is 43.5. The standard InChI is InChI=1S/C11H16F3N5O/c12-11(13,14)8-5-9(18-10(17-8)19-15)16-6-7-3-1-2-4-20-7/h5,7H,1-4,6,15H2,(H2,16,17,18,19). The van der Waals surface area contributed by atoms with Crippen LogP contribution < -0.4 is 16.6 Å². The number of nitrogens with one attached hydrogen (secondary N) is 2. The number of nitrogens with zero attached hydrogens (tertiary/aromatic N) is 2. The molecule has 1 atom stereocenters. The zero-order chi connectivity index (χ0) is 14.6. The molecular formula is C11H16F3N5O. The van der Waals surface area contributed by atoms with Crippen molar-refractivity contribution in [2.75, 3.05) is 23.9 Å². The molecule has 1 fully saturated rings. The summed E-state index contributed by atoms with van der Waals surface area (Å²) >= 11 is 0. The van der Waals surface area contributed by atoms with E-state index in [1.54, 1.807) is 0 Å². The summed E-state index contributed by atoms with van der Waals surface area (Å²) in [5, 5.41) is 2.83. The van der Waals surface area contributed by atoms with Gasteiger partial charge in [0.25, 0.3) is 0 Å². The van der Waals surface area contributed by atoms with Crippen LogP contribution in [-0.2, 0) is 10.9 Å². The van der Waals surface area contributed by atoms with E-state index in [-0.39, 0.29) is 17.9 Å². The van der Waals surface area contributed by atoms with Gasteiger partial charge in [-0.05, 0) is 19.3 Å². The Morgan fingerprint density at radius 1 is 1.35 bits per heavy atom. The molecule has 1 unspecified atom stereocenters. The maximum Gasteiger partial charge on any atom is 0.433 e. The van der Waals surface area contributed by atoms with E-state index in [1.807, 2.05) is 5.43 Å². The number of nitrogen functional groups attached to an aromatic ring is 1. The Hall–Kier alpha value is -1.61. The van der Waals surface area contributed by atoms with E-state index in [2.05, 4.69) is 15.3 Å². The van der Waals surface area contributed by atoms with Gasteiger partial charge in [0.05, 0.1) is 6.10 Å². The Morgan fingerprint density at radius 2 is 2.15 bits per heavy atom. The molecule has 9 heteroatoms. The van der Waals surface area contributed by atoms with E-state index in [9.17, 15) is 13.2 Å². The summed E-state index contributed by atoms with van der Waals surface area (Å²) in [6.07, 6.45) is -1.61.